The lowest BCUT2D eigenvalue weighted by Crippen LogP contribution is -2.20. The van der Waals surface area contributed by atoms with Gasteiger partial charge >= 0.3 is 0 Å². The lowest BCUT2D eigenvalue weighted by atomic mass is 9.96. The third-order valence-electron chi connectivity index (χ3n) is 4.96. The molecule has 6 nitrogen and oxygen atoms in total. The normalized spacial score (nSPS) is 13.1. The fraction of sp³-hybridized carbons (Fsp3) is 0.318. The van der Waals surface area contributed by atoms with Crippen molar-refractivity contribution in [1.82, 2.24) is 0 Å². The number of benzene rings is 2. The molecule has 0 radical (unpaired) electrons. The summed E-state index contributed by atoms with van der Waals surface area (Å²) in [7, 11) is 3.12. The van der Waals surface area contributed by atoms with E-state index < -0.39 is 0 Å². The molecule has 2 aromatic carbocycles. The molecule has 4 rings (SSSR count). The Balaban J connectivity index is 1.42. The first kappa shape index (κ1) is 18.2. The molecular formula is C22H23NO5. The summed E-state index contributed by atoms with van der Waals surface area (Å²) in [5.74, 6) is 2.65. The number of furan rings is 1. The molecule has 0 saturated heterocycles. The molecule has 1 amide bonds. The van der Waals surface area contributed by atoms with Gasteiger partial charge in [0.25, 0.3) is 5.91 Å². The maximum absolute atomic E-state index is 12.3. The summed E-state index contributed by atoms with van der Waals surface area (Å²) >= 11 is 0. The second-order valence-electron chi connectivity index (χ2n) is 6.78. The maximum Gasteiger partial charge on any atom is 0.262 e. The number of hydrogen-bond acceptors (Lipinski definition) is 5. The summed E-state index contributed by atoms with van der Waals surface area (Å²) in [4.78, 5) is 12.3. The highest BCUT2D eigenvalue weighted by Gasteiger charge is 2.18. The lowest BCUT2D eigenvalue weighted by Gasteiger charge is -2.11. The van der Waals surface area contributed by atoms with Crippen LogP contribution in [0, 0.1) is 0 Å². The van der Waals surface area contributed by atoms with Crippen LogP contribution in [0.2, 0.25) is 0 Å². The van der Waals surface area contributed by atoms with E-state index >= 15 is 0 Å². The van der Waals surface area contributed by atoms with Gasteiger partial charge in [-0.2, -0.15) is 0 Å². The topological polar surface area (TPSA) is 69.9 Å². The van der Waals surface area contributed by atoms with Gasteiger partial charge in [0.1, 0.15) is 17.1 Å². The number of carbonyl (C=O) groups excluding carboxylic acids is 1. The van der Waals surface area contributed by atoms with Crippen LogP contribution in [0.4, 0.5) is 5.69 Å². The number of nitrogens with one attached hydrogen (secondary N) is 1. The van der Waals surface area contributed by atoms with Crippen LogP contribution in [0.5, 0.6) is 17.2 Å². The van der Waals surface area contributed by atoms with Crippen molar-refractivity contribution in [2.45, 2.75) is 25.7 Å². The van der Waals surface area contributed by atoms with Crippen LogP contribution in [-0.4, -0.2) is 26.7 Å². The van der Waals surface area contributed by atoms with Gasteiger partial charge in [-0.25, -0.2) is 0 Å². The molecule has 28 heavy (non-hydrogen) atoms. The number of carbonyl (C=O) groups is 1. The molecule has 3 aromatic rings. The zero-order chi connectivity index (χ0) is 19.5. The number of methoxy groups -OCH3 is 2. The van der Waals surface area contributed by atoms with Gasteiger partial charge in [0.15, 0.2) is 18.1 Å². The summed E-state index contributed by atoms with van der Waals surface area (Å²) < 4.78 is 22.1. The molecule has 0 bridgehead atoms. The molecule has 0 spiro atoms. The van der Waals surface area contributed by atoms with Crippen molar-refractivity contribution in [2.75, 3.05) is 26.1 Å². The Bertz CT molecular complexity index is 1010. The molecule has 0 unspecified atom stereocenters. The van der Waals surface area contributed by atoms with E-state index in [1.54, 1.807) is 32.4 Å². The molecule has 1 heterocycles. The Kier molecular flexibility index (Phi) is 5.10. The largest absolute Gasteiger partial charge is 0.493 e. The van der Waals surface area contributed by atoms with Crippen LogP contribution >= 0.6 is 0 Å². The lowest BCUT2D eigenvalue weighted by molar-refractivity contribution is -0.118. The first-order chi connectivity index (χ1) is 13.7. The summed E-state index contributed by atoms with van der Waals surface area (Å²) in [6, 6.07) is 10.9. The van der Waals surface area contributed by atoms with Crippen molar-refractivity contribution >= 4 is 22.6 Å². The van der Waals surface area contributed by atoms with Crippen molar-refractivity contribution < 1.29 is 23.4 Å². The Hall–Kier alpha value is -3.15. The molecule has 6 heteroatoms. The average Bonchev–Trinajstić information content (AvgIpc) is 3.10. The first-order valence-electron chi connectivity index (χ1n) is 9.37. The summed E-state index contributed by atoms with van der Waals surface area (Å²) in [5, 5.41) is 3.89. The SMILES string of the molecule is COc1ccc(NC(=O)COc2ccc3oc4c(c3c2)CCCC4)cc1OC. The van der Waals surface area contributed by atoms with Gasteiger partial charge in [-0.3, -0.25) is 4.79 Å². The van der Waals surface area contributed by atoms with Crippen LogP contribution in [-0.2, 0) is 17.6 Å². The van der Waals surface area contributed by atoms with Crippen LogP contribution < -0.4 is 19.5 Å². The van der Waals surface area contributed by atoms with Gasteiger partial charge in [0, 0.05) is 29.1 Å². The number of rotatable bonds is 6. The van der Waals surface area contributed by atoms with E-state index in [0.717, 1.165) is 29.6 Å². The van der Waals surface area contributed by atoms with Crippen LogP contribution in [0.1, 0.15) is 24.2 Å². The van der Waals surface area contributed by atoms with E-state index in [2.05, 4.69) is 5.32 Å². The fourth-order valence-corrected chi connectivity index (χ4v) is 3.59. The van der Waals surface area contributed by atoms with Crippen LogP contribution in [0.25, 0.3) is 11.0 Å². The summed E-state index contributed by atoms with van der Waals surface area (Å²) in [6.45, 7) is -0.0834. The summed E-state index contributed by atoms with van der Waals surface area (Å²) in [5.41, 5.74) is 2.78. The monoisotopic (exact) mass is 381 g/mol. The minimum absolute atomic E-state index is 0.0834. The fourth-order valence-electron chi connectivity index (χ4n) is 3.59. The van der Waals surface area contributed by atoms with Crippen LogP contribution in [0.15, 0.2) is 40.8 Å². The smallest absolute Gasteiger partial charge is 0.262 e. The molecule has 1 aliphatic carbocycles. The number of anilines is 1. The second-order valence-corrected chi connectivity index (χ2v) is 6.78. The Morgan fingerprint density at radius 3 is 2.68 bits per heavy atom. The van der Waals surface area contributed by atoms with Crippen molar-refractivity contribution in [3.63, 3.8) is 0 Å². The number of aryl methyl sites for hydroxylation is 2. The number of amides is 1. The Labute approximate surface area is 163 Å². The minimum atomic E-state index is -0.249. The van der Waals surface area contributed by atoms with Crippen LogP contribution in [0.3, 0.4) is 0 Å². The quantitative estimate of drug-likeness (QED) is 0.688. The van der Waals surface area contributed by atoms with E-state index in [-0.39, 0.29) is 12.5 Å². The van der Waals surface area contributed by atoms with E-state index in [0.29, 0.717) is 22.9 Å². The van der Waals surface area contributed by atoms with Crippen molar-refractivity contribution in [3.8, 4) is 17.2 Å². The molecule has 0 aliphatic heterocycles. The third kappa shape index (κ3) is 3.63. The molecule has 146 valence electrons. The standard InChI is InChI=1S/C22H23NO5/c1-25-20-9-7-14(11-21(20)26-2)23-22(24)13-27-15-8-10-19-17(12-15)16-5-3-4-6-18(16)28-19/h7-12H,3-6,13H2,1-2H3,(H,23,24). The zero-order valence-electron chi connectivity index (χ0n) is 16.0. The minimum Gasteiger partial charge on any atom is -0.493 e. The highest BCUT2D eigenvalue weighted by Crippen LogP contribution is 2.34. The molecule has 0 fully saturated rings. The average molecular weight is 381 g/mol. The molecule has 1 aromatic heterocycles. The van der Waals surface area contributed by atoms with E-state index in [1.165, 1.54) is 18.4 Å². The molecule has 1 aliphatic rings. The van der Waals surface area contributed by atoms with Crippen molar-refractivity contribution in [3.05, 3.63) is 47.7 Å². The maximum atomic E-state index is 12.3. The van der Waals surface area contributed by atoms with Crippen molar-refractivity contribution in [1.29, 1.82) is 0 Å². The van der Waals surface area contributed by atoms with Gasteiger partial charge in [0.2, 0.25) is 0 Å². The molecular weight excluding hydrogens is 358 g/mol. The Morgan fingerprint density at radius 1 is 1.04 bits per heavy atom. The highest BCUT2D eigenvalue weighted by molar-refractivity contribution is 5.92. The zero-order valence-corrected chi connectivity index (χ0v) is 16.0. The van der Waals surface area contributed by atoms with E-state index in [4.69, 9.17) is 18.6 Å². The van der Waals surface area contributed by atoms with Gasteiger partial charge in [-0.1, -0.05) is 0 Å². The Morgan fingerprint density at radius 2 is 1.86 bits per heavy atom. The number of ether oxygens (including phenoxy) is 3. The van der Waals surface area contributed by atoms with E-state index in [1.807, 2.05) is 18.2 Å². The second kappa shape index (κ2) is 7.84. The van der Waals surface area contributed by atoms with Gasteiger partial charge in [-0.05, 0) is 49.6 Å². The first-order valence-corrected chi connectivity index (χ1v) is 9.37. The molecule has 0 atom stereocenters. The predicted octanol–water partition coefficient (Wildman–Crippen LogP) is 4.35. The van der Waals surface area contributed by atoms with Gasteiger partial charge in [-0.15, -0.1) is 0 Å². The summed E-state index contributed by atoms with van der Waals surface area (Å²) in [6.07, 6.45) is 4.38. The third-order valence-corrected chi connectivity index (χ3v) is 4.96. The molecule has 1 N–H and O–H groups in total. The number of fused-ring (bicyclic) bond motifs is 3. The predicted molar refractivity (Wildman–Crippen MR) is 107 cm³/mol. The van der Waals surface area contributed by atoms with Crippen molar-refractivity contribution in [2.24, 2.45) is 0 Å². The van der Waals surface area contributed by atoms with Gasteiger partial charge in [0.05, 0.1) is 14.2 Å². The number of hydrogen-bond donors (Lipinski definition) is 1. The van der Waals surface area contributed by atoms with E-state index in [9.17, 15) is 4.79 Å². The molecule has 0 saturated carbocycles. The van der Waals surface area contributed by atoms with Gasteiger partial charge < -0.3 is 23.9 Å². The highest BCUT2D eigenvalue weighted by atomic mass is 16.5.